The molecule has 0 radical (unpaired) electrons. The van der Waals surface area contributed by atoms with Gasteiger partial charge in [-0.2, -0.15) is 0 Å². The number of carbonyl (C=O) groups excluding carboxylic acids is 1. The van der Waals surface area contributed by atoms with Crippen molar-refractivity contribution in [3.05, 3.63) is 46.8 Å². The van der Waals surface area contributed by atoms with Crippen molar-refractivity contribution in [3.63, 3.8) is 0 Å². The van der Waals surface area contributed by atoms with Gasteiger partial charge in [-0.05, 0) is 49.0 Å². The molecule has 1 unspecified atom stereocenters. The molecule has 1 aliphatic carbocycles. The number of halogens is 1. The minimum Gasteiger partial charge on any atom is -0.319 e. The summed E-state index contributed by atoms with van der Waals surface area (Å²) in [5.74, 6) is -0.143. The molecule has 1 amide bonds. The Morgan fingerprint density at radius 1 is 1.21 bits per heavy atom. The molecule has 2 aliphatic rings. The standard InChI is InChI=1S/C15H16FNOS/c16-11-7-5-10(6-8-11)9-17-14(18)12-3-1-2-4-13(12)15(17)19/h5-8,15,19H,1-4,9H2. The van der Waals surface area contributed by atoms with E-state index in [1.54, 1.807) is 17.0 Å². The van der Waals surface area contributed by atoms with Crippen molar-refractivity contribution in [1.29, 1.82) is 0 Å². The molecule has 0 fully saturated rings. The molecule has 0 saturated heterocycles. The summed E-state index contributed by atoms with van der Waals surface area (Å²) in [5.41, 5.74) is 3.10. The van der Waals surface area contributed by atoms with E-state index in [2.05, 4.69) is 12.6 Å². The average molecular weight is 277 g/mol. The Bertz CT molecular complexity index is 538. The molecule has 0 aromatic heterocycles. The minimum absolute atomic E-state index is 0.104. The van der Waals surface area contributed by atoms with E-state index < -0.39 is 0 Å². The molecule has 0 bridgehead atoms. The Morgan fingerprint density at radius 3 is 2.58 bits per heavy atom. The van der Waals surface area contributed by atoms with Crippen molar-refractivity contribution in [2.45, 2.75) is 37.6 Å². The van der Waals surface area contributed by atoms with Gasteiger partial charge in [0.1, 0.15) is 5.82 Å². The summed E-state index contributed by atoms with van der Waals surface area (Å²) in [6.45, 7) is 0.500. The van der Waals surface area contributed by atoms with Crippen LogP contribution in [-0.2, 0) is 11.3 Å². The van der Waals surface area contributed by atoms with Crippen LogP contribution in [0.1, 0.15) is 31.2 Å². The monoisotopic (exact) mass is 277 g/mol. The van der Waals surface area contributed by atoms with E-state index in [-0.39, 0.29) is 17.1 Å². The molecule has 0 N–H and O–H groups in total. The van der Waals surface area contributed by atoms with Crippen molar-refractivity contribution in [2.24, 2.45) is 0 Å². The number of hydrogen-bond donors (Lipinski definition) is 1. The van der Waals surface area contributed by atoms with Gasteiger partial charge in [0, 0.05) is 12.1 Å². The molecular formula is C15H16FNOS. The summed E-state index contributed by atoms with van der Waals surface area (Å²) in [7, 11) is 0. The van der Waals surface area contributed by atoms with Gasteiger partial charge >= 0.3 is 0 Å². The SMILES string of the molecule is O=C1C2=C(CCCC2)C(S)N1Cc1ccc(F)cc1. The molecule has 1 aromatic rings. The van der Waals surface area contributed by atoms with Gasteiger partial charge in [-0.25, -0.2) is 4.39 Å². The molecule has 1 aliphatic heterocycles. The maximum absolute atomic E-state index is 12.9. The molecule has 1 atom stereocenters. The molecule has 2 nitrogen and oxygen atoms in total. The summed E-state index contributed by atoms with van der Waals surface area (Å²) in [6, 6.07) is 6.30. The number of amides is 1. The van der Waals surface area contributed by atoms with Crippen LogP contribution in [0.25, 0.3) is 0 Å². The van der Waals surface area contributed by atoms with Crippen LogP contribution in [0.2, 0.25) is 0 Å². The Kier molecular flexibility index (Phi) is 3.35. The van der Waals surface area contributed by atoms with Crippen LogP contribution >= 0.6 is 12.6 Å². The second-order valence-electron chi connectivity index (χ2n) is 5.14. The first-order valence-corrected chi connectivity index (χ1v) is 7.14. The lowest BCUT2D eigenvalue weighted by molar-refractivity contribution is -0.126. The lowest BCUT2D eigenvalue weighted by atomic mass is 9.94. The highest BCUT2D eigenvalue weighted by Gasteiger charge is 2.37. The Labute approximate surface area is 117 Å². The van der Waals surface area contributed by atoms with Crippen molar-refractivity contribution in [2.75, 3.05) is 0 Å². The molecule has 19 heavy (non-hydrogen) atoms. The van der Waals surface area contributed by atoms with E-state index in [4.69, 9.17) is 0 Å². The van der Waals surface area contributed by atoms with Crippen LogP contribution in [-0.4, -0.2) is 16.2 Å². The van der Waals surface area contributed by atoms with Crippen LogP contribution in [0.4, 0.5) is 4.39 Å². The Hall–Kier alpha value is -1.29. The van der Waals surface area contributed by atoms with E-state index in [0.29, 0.717) is 6.54 Å². The fourth-order valence-corrected chi connectivity index (χ4v) is 3.35. The highest BCUT2D eigenvalue weighted by molar-refractivity contribution is 7.81. The van der Waals surface area contributed by atoms with Gasteiger partial charge in [0.15, 0.2) is 0 Å². The highest BCUT2D eigenvalue weighted by Crippen LogP contribution is 2.38. The number of carbonyl (C=O) groups is 1. The van der Waals surface area contributed by atoms with Gasteiger partial charge in [0.2, 0.25) is 0 Å². The smallest absolute Gasteiger partial charge is 0.251 e. The maximum atomic E-state index is 12.9. The minimum atomic E-state index is -0.253. The predicted molar refractivity (Wildman–Crippen MR) is 75.2 cm³/mol. The van der Waals surface area contributed by atoms with Gasteiger partial charge in [0.25, 0.3) is 5.91 Å². The van der Waals surface area contributed by atoms with Crippen molar-refractivity contribution >= 4 is 18.5 Å². The third kappa shape index (κ3) is 2.29. The largest absolute Gasteiger partial charge is 0.319 e. The summed E-state index contributed by atoms with van der Waals surface area (Å²) in [5, 5.41) is -0.104. The number of benzene rings is 1. The van der Waals surface area contributed by atoms with Gasteiger partial charge < -0.3 is 4.90 Å². The van der Waals surface area contributed by atoms with Gasteiger partial charge in [-0.3, -0.25) is 4.79 Å². The first-order chi connectivity index (χ1) is 9.16. The number of rotatable bonds is 2. The van der Waals surface area contributed by atoms with E-state index in [1.807, 2.05) is 0 Å². The summed E-state index contributed by atoms with van der Waals surface area (Å²) in [6.07, 6.45) is 4.10. The lowest BCUT2D eigenvalue weighted by Gasteiger charge is -2.23. The molecule has 3 rings (SSSR count). The highest BCUT2D eigenvalue weighted by atomic mass is 32.1. The van der Waals surface area contributed by atoms with Gasteiger partial charge in [-0.15, -0.1) is 12.6 Å². The van der Waals surface area contributed by atoms with Crippen LogP contribution < -0.4 is 0 Å². The normalized spacial score (nSPS) is 22.9. The van der Waals surface area contributed by atoms with Gasteiger partial charge in [-0.1, -0.05) is 12.1 Å². The van der Waals surface area contributed by atoms with Crippen LogP contribution in [0.3, 0.4) is 0 Å². The van der Waals surface area contributed by atoms with E-state index in [0.717, 1.165) is 36.8 Å². The first-order valence-electron chi connectivity index (χ1n) is 6.62. The third-order valence-electron chi connectivity index (χ3n) is 3.90. The lowest BCUT2D eigenvalue weighted by Crippen LogP contribution is -2.31. The first kappa shape index (κ1) is 12.7. The maximum Gasteiger partial charge on any atom is 0.251 e. The van der Waals surface area contributed by atoms with Gasteiger partial charge in [0.05, 0.1) is 5.37 Å². The Balaban J connectivity index is 1.80. The fourth-order valence-electron chi connectivity index (χ4n) is 2.88. The van der Waals surface area contributed by atoms with Crippen molar-refractivity contribution in [1.82, 2.24) is 4.90 Å². The van der Waals surface area contributed by atoms with E-state index in [1.165, 1.54) is 17.7 Å². The molecule has 100 valence electrons. The fraction of sp³-hybridized carbons (Fsp3) is 0.400. The number of hydrogen-bond acceptors (Lipinski definition) is 2. The number of thiol groups is 1. The van der Waals surface area contributed by atoms with Crippen LogP contribution in [0.15, 0.2) is 35.4 Å². The summed E-state index contributed by atoms with van der Waals surface area (Å²) in [4.78, 5) is 14.2. The Morgan fingerprint density at radius 2 is 1.89 bits per heavy atom. The van der Waals surface area contributed by atoms with E-state index in [9.17, 15) is 9.18 Å². The topological polar surface area (TPSA) is 20.3 Å². The average Bonchev–Trinajstić information content (AvgIpc) is 2.67. The quantitative estimate of drug-likeness (QED) is 0.822. The summed E-state index contributed by atoms with van der Waals surface area (Å²) >= 11 is 4.59. The second kappa shape index (κ2) is 5.00. The van der Waals surface area contributed by atoms with Crippen LogP contribution in [0.5, 0.6) is 0 Å². The zero-order chi connectivity index (χ0) is 13.4. The zero-order valence-corrected chi connectivity index (χ0v) is 11.5. The second-order valence-corrected chi connectivity index (χ2v) is 5.63. The van der Waals surface area contributed by atoms with E-state index >= 15 is 0 Å². The summed E-state index contributed by atoms with van der Waals surface area (Å²) < 4.78 is 12.9. The molecule has 0 spiro atoms. The molecular weight excluding hydrogens is 261 g/mol. The zero-order valence-electron chi connectivity index (χ0n) is 10.6. The third-order valence-corrected chi connectivity index (χ3v) is 4.49. The molecule has 1 aromatic carbocycles. The van der Waals surface area contributed by atoms with Crippen molar-refractivity contribution in [3.8, 4) is 0 Å². The molecule has 0 saturated carbocycles. The molecule has 1 heterocycles. The van der Waals surface area contributed by atoms with Crippen LogP contribution in [0, 0.1) is 5.82 Å². The predicted octanol–water partition coefficient (Wildman–Crippen LogP) is 3.29. The molecule has 4 heteroatoms. The van der Waals surface area contributed by atoms with Crippen molar-refractivity contribution < 1.29 is 9.18 Å². The number of nitrogens with zero attached hydrogens (tertiary/aromatic N) is 1.